The van der Waals surface area contributed by atoms with Crippen LogP contribution in [0.2, 0.25) is 0 Å². The third-order valence-electron chi connectivity index (χ3n) is 4.47. The summed E-state index contributed by atoms with van der Waals surface area (Å²) in [4.78, 5) is 14.6. The summed E-state index contributed by atoms with van der Waals surface area (Å²) < 4.78 is 28.3. The van der Waals surface area contributed by atoms with Crippen molar-refractivity contribution in [3.05, 3.63) is 54.4 Å². The van der Waals surface area contributed by atoms with Crippen LogP contribution in [0.3, 0.4) is 0 Å². The molecule has 0 bridgehead atoms. The molecule has 0 fully saturated rings. The van der Waals surface area contributed by atoms with E-state index in [2.05, 4.69) is 4.57 Å². The third kappa shape index (κ3) is 2.97. The van der Waals surface area contributed by atoms with E-state index in [1.165, 1.54) is 19.2 Å². The van der Waals surface area contributed by atoms with Gasteiger partial charge in [0.05, 0.1) is 17.5 Å². The lowest BCUT2D eigenvalue weighted by Crippen LogP contribution is -2.45. The minimum absolute atomic E-state index is 0.0610. The number of likely N-dealkylation sites (N-methyl/N-ethyl adjacent to an activating group) is 1. The highest BCUT2D eigenvalue weighted by Crippen LogP contribution is 2.25. The Morgan fingerprint density at radius 1 is 1.17 bits per heavy atom. The van der Waals surface area contributed by atoms with Crippen molar-refractivity contribution in [1.29, 1.82) is 0 Å². The van der Waals surface area contributed by atoms with Gasteiger partial charge in [-0.1, -0.05) is 18.2 Å². The zero-order valence-electron chi connectivity index (χ0n) is 13.8. The minimum Gasteiger partial charge on any atom is -0.348 e. The van der Waals surface area contributed by atoms with Gasteiger partial charge in [0.15, 0.2) is 0 Å². The predicted octanol–water partition coefficient (Wildman–Crippen LogP) is 1.71. The van der Waals surface area contributed by atoms with Gasteiger partial charge in [0, 0.05) is 32.0 Å². The van der Waals surface area contributed by atoms with Crippen molar-refractivity contribution in [2.45, 2.75) is 24.4 Å². The molecular weight excluding hydrogens is 326 g/mol. The normalized spacial score (nSPS) is 17.8. The molecule has 2 aromatic rings. The predicted molar refractivity (Wildman–Crippen MR) is 90.8 cm³/mol. The third-order valence-corrected chi connectivity index (χ3v) is 6.29. The van der Waals surface area contributed by atoms with Crippen molar-refractivity contribution in [3.8, 4) is 0 Å². The average Bonchev–Trinajstić information content (AvgIpc) is 3.05. The van der Waals surface area contributed by atoms with Crippen LogP contribution in [0.5, 0.6) is 0 Å². The summed E-state index contributed by atoms with van der Waals surface area (Å²) >= 11 is 0. The Morgan fingerprint density at radius 2 is 1.88 bits per heavy atom. The lowest BCUT2D eigenvalue weighted by molar-refractivity contribution is -0.134. The quantitative estimate of drug-likeness (QED) is 0.846. The highest BCUT2D eigenvalue weighted by molar-refractivity contribution is 7.89. The molecule has 0 spiro atoms. The van der Waals surface area contributed by atoms with E-state index < -0.39 is 10.0 Å². The second kappa shape index (κ2) is 6.41. The van der Waals surface area contributed by atoms with E-state index >= 15 is 0 Å². The van der Waals surface area contributed by atoms with E-state index in [-0.39, 0.29) is 23.4 Å². The maximum absolute atomic E-state index is 12.6. The molecule has 1 aliphatic rings. The number of hydrogen-bond donors (Lipinski definition) is 0. The molecule has 1 aromatic carbocycles. The Hall–Kier alpha value is -2.12. The van der Waals surface area contributed by atoms with Gasteiger partial charge in [-0.2, -0.15) is 4.31 Å². The van der Waals surface area contributed by atoms with E-state index in [0.717, 1.165) is 16.5 Å². The van der Waals surface area contributed by atoms with Crippen LogP contribution in [0.4, 0.5) is 0 Å². The van der Waals surface area contributed by atoms with Crippen LogP contribution in [0.15, 0.2) is 53.6 Å². The molecule has 0 saturated carbocycles. The number of benzene rings is 1. The maximum Gasteiger partial charge on any atom is 0.243 e. The number of hydrogen-bond acceptors (Lipinski definition) is 3. The first-order chi connectivity index (χ1) is 11.4. The zero-order valence-corrected chi connectivity index (χ0v) is 14.6. The number of aromatic nitrogens is 1. The number of fused-ring (bicyclic) bond motifs is 1. The largest absolute Gasteiger partial charge is 0.348 e. The molecule has 0 radical (unpaired) electrons. The van der Waals surface area contributed by atoms with E-state index in [1.54, 1.807) is 23.1 Å². The van der Waals surface area contributed by atoms with Crippen LogP contribution in [0, 0.1) is 0 Å². The summed E-state index contributed by atoms with van der Waals surface area (Å²) in [5, 5.41) is 0. The van der Waals surface area contributed by atoms with Crippen molar-refractivity contribution in [1.82, 2.24) is 13.8 Å². The summed E-state index contributed by atoms with van der Waals surface area (Å²) in [6.07, 6.45) is 2.00. The number of carbonyl (C=O) groups is 1. The van der Waals surface area contributed by atoms with E-state index in [9.17, 15) is 13.2 Å². The Bertz CT molecular complexity index is 830. The van der Waals surface area contributed by atoms with Crippen molar-refractivity contribution in [2.24, 2.45) is 0 Å². The van der Waals surface area contributed by atoms with Gasteiger partial charge in [-0.25, -0.2) is 8.42 Å². The van der Waals surface area contributed by atoms with Gasteiger partial charge in [-0.15, -0.1) is 0 Å². The fourth-order valence-corrected chi connectivity index (χ4v) is 4.20. The molecule has 1 aromatic heterocycles. The molecule has 1 atom stereocenters. The number of nitrogens with zero attached hydrogens (tertiary/aromatic N) is 3. The van der Waals surface area contributed by atoms with Crippen LogP contribution >= 0.6 is 0 Å². The maximum atomic E-state index is 12.6. The Balaban J connectivity index is 1.73. The highest BCUT2D eigenvalue weighted by Gasteiger charge is 2.30. The van der Waals surface area contributed by atoms with Crippen LogP contribution < -0.4 is 0 Å². The van der Waals surface area contributed by atoms with E-state index in [1.807, 2.05) is 25.3 Å². The Labute approximate surface area is 142 Å². The standard InChI is InChI=1S/C17H21N3O3S/c1-14-16-9-6-10-19(16)11-12-20(14)17(21)13-18(2)24(22,23)15-7-4-3-5-8-15/h3-10,14H,11-13H2,1-2H3/t14-/m0/s1. The lowest BCUT2D eigenvalue weighted by Gasteiger charge is -2.35. The monoisotopic (exact) mass is 347 g/mol. The van der Waals surface area contributed by atoms with Crippen LogP contribution in [-0.4, -0.2) is 48.2 Å². The molecule has 0 saturated heterocycles. The zero-order chi connectivity index (χ0) is 17.3. The fraction of sp³-hybridized carbons (Fsp3) is 0.353. The number of carbonyl (C=O) groups excluding carboxylic acids is 1. The molecule has 0 N–H and O–H groups in total. The summed E-state index contributed by atoms with van der Waals surface area (Å²) in [5.74, 6) is -0.183. The smallest absolute Gasteiger partial charge is 0.243 e. The molecular formula is C17H21N3O3S. The summed E-state index contributed by atoms with van der Waals surface area (Å²) in [6.45, 7) is 3.12. The van der Waals surface area contributed by atoms with Gasteiger partial charge in [-0.3, -0.25) is 4.79 Å². The topological polar surface area (TPSA) is 62.6 Å². The van der Waals surface area contributed by atoms with E-state index in [4.69, 9.17) is 0 Å². The molecule has 24 heavy (non-hydrogen) atoms. The molecule has 1 aliphatic heterocycles. The van der Waals surface area contributed by atoms with Gasteiger partial charge in [0.25, 0.3) is 0 Å². The van der Waals surface area contributed by atoms with E-state index in [0.29, 0.717) is 6.54 Å². The molecule has 0 unspecified atom stereocenters. The van der Waals surface area contributed by atoms with Crippen LogP contribution in [0.1, 0.15) is 18.7 Å². The van der Waals surface area contributed by atoms with Crippen molar-refractivity contribution < 1.29 is 13.2 Å². The summed E-state index contributed by atoms with van der Waals surface area (Å²) in [7, 11) is -2.22. The van der Waals surface area contributed by atoms with Gasteiger partial charge < -0.3 is 9.47 Å². The molecule has 6 nitrogen and oxygen atoms in total. The minimum atomic E-state index is -3.66. The van der Waals surface area contributed by atoms with Crippen LogP contribution in [-0.2, 0) is 21.4 Å². The lowest BCUT2D eigenvalue weighted by atomic mass is 10.1. The summed E-state index contributed by atoms with van der Waals surface area (Å²) in [6, 6.07) is 12.1. The van der Waals surface area contributed by atoms with Gasteiger partial charge >= 0.3 is 0 Å². The second-order valence-electron chi connectivity index (χ2n) is 5.96. The highest BCUT2D eigenvalue weighted by atomic mass is 32.2. The first kappa shape index (κ1) is 16.7. The van der Waals surface area contributed by atoms with Gasteiger partial charge in [0.2, 0.25) is 15.9 Å². The Morgan fingerprint density at radius 3 is 2.58 bits per heavy atom. The van der Waals surface area contributed by atoms with Gasteiger partial charge in [0.1, 0.15) is 0 Å². The number of rotatable bonds is 4. The molecule has 2 heterocycles. The fourth-order valence-electron chi connectivity index (χ4n) is 3.06. The molecule has 3 rings (SSSR count). The first-order valence-corrected chi connectivity index (χ1v) is 9.31. The Kier molecular flexibility index (Phi) is 4.47. The van der Waals surface area contributed by atoms with Crippen molar-refractivity contribution in [3.63, 3.8) is 0 Å². The van der Waals surface area contributed by atoms with Crippen molar-refractivity contribution in [2.75, 3.05) is 20.1 Å². The SMILES string of the molecule is C[C@H]1c2cccn2CCN1C(=O)CN(C)S(=O)(=O)c1ccccc1. The van der Waals surface area contributed by atoms with Crippen LogP contribution in [0.25, 0.3) is 0 Å². The number of amides is 1. The van der Waals surface area contributed by atoms with Crippen molar-refractivity contribution >= 4 is 15.9 Å². The first-order valence-electron chi connectivity index (χ1n) is 7.87. The molecule has 0 aliphatic carbocycles. The molecule has 7 heteroatoms. The molecule has 128 valence electrons. The van der Waals surface area contributed by atoms with Gasteiger partial charge in [-0.05, 0) is 31.2 Å². The summed E-state index contributed by atoms with van der Waals surface area (Å²) in [5.41, 5.74) is 1.07. The average molecular weight is 347 g/mol. The second-order valence-corrected chi connectivity index (χ2v) is 8.01. The number of sulfonamides is 1. The molecule has 1 amide bonds.